The fourth-order valence-corrected chi connectivity index (χ4v) is 0.765. The van der Waals surface area contributed by atoms with Crippen LogP contribution in [0.15, 0.2) is 0 Å². The number of carboxylic acids is 1. The SMILES string of the molecule is CC(C)(C=O)C(C)(C)CC(=O)O. The number of carboxylic acid groups (broad SMARTS) is 1. The molecule has 0 aromatic carbocycles. The van der Waals surface area contributed by atoms with Gasteiger partial charge >= 0.3 is 5.97 Å². The maximum Gasteiger partial charge on any atom is 0.303 e. The lowest BCUT2D eigenvalue weighted by Crippen LogP contribution is -2.35. The van der Waals surface area contributed by atoms with E-state index in [4.69, 9.17) is 5.11 Å². The number of aldehydes is 1. The Balaban J connectivity index is 4.59. The van der Waals surface area contributed by atoms with Crippen LogP contribution < -0.4 is 0 Å². The van der Waals surface area contributed by atoms with Gasteiger partial charge in [-0.3, -0.25) is 4.79 Å². The Morgan fingerprint density at radius 1 is 1.33 bits per heavy atom. The molecule has 0 aromatic rings. The van der Waals surface area contributed by atoms with Gasteiger partial charge < -0.3 is 9.90 Å². The van der Waals surface area contributed by atoms with Crippen LogP contribution in [-0.4, -0.2) is 17.4 Å². The van der Waals surface area contributed by atoms with Gasteiger partial charge in [0.15, 0.2) is 0 Å². The van der Waals surface area contributed by atoms with Gasteiger partial charge in [-0.15, -0.1) is 0 Å². The first-order valence-electron chi connectivity index (χ1n) is 3.91. The second kappa shape index (κ2) is 3.25. The summed E-state index contributed by atoms with van der Waals surface area (Å²) in [6, 6.07) is 0. The summed E-state index contributed by atoms with van der Waals surface area (Å²) in [4.78, 5) is 21.1. The average molecular weight is 172 g/mol. The van der Waals surface area contributed by atoms with Crippen LogP contribution >= 0.6 is 0 Å². The van der Waals surface area contributed by atoms with Crippen molar-refractivity contribution in [3.8, 4) is 0 Å². The minimum atomic E-state index is -0.866. The molecule has 0 saturated heterocycles. The third kappa shape index (κ3) is 2.32. The summed E-state index contributed by atoms with van der Waals surface area (Å²) in [5, 5.41) is 8.59. The predicted molar refractivity (Wildman–Crippen MR) is 45.9 cm³/mol. The molecule has 0 unspecified atom stereocenters. The molecule has 0 fully saturated rings. The smallest absolute Gasteiger partial charge is 0.303 e. The summed E-state index contributed by atoms with van der Waals surface area (Å²) in [5.41, 5.74) is -1.09. The van der Waals surface area contributed by atoms with Gasteiger partial charge in [0.05, 0.1) is 6.42 Å². The third-order valence-corrected chi connectivity index (χ3v) is 2.63. The zero-order chi connectivity index (χ0) is 9.99. The summed E-state index contributed by atoms with van der Waals surface area (Å²) in [7, 11) is 0. The van der Waals surface area contributed by atoms with E-state index < -0.39 is 16.8 Å². The standard InChI is InChI=1S/C9H16O3/c1-8(2,5-7(11)12)9(3,4)6-10/h6H,5H2,1-4H3,(H,11,12). The van der Waals surface area contributed by atoms with E-state index in [9.17, 15) is 9.59 Å². The lowest BCUT2D eigenvalue weighted by Gasteiger charge is -2.35. The van der Waals surface area contributed by atoms with Gasteiger partial charge in [0.25, 0.3) is 0 Å². The van der Waals surface area contributed by atoms with Crippen molar-refractivity contribution in [1.29, 1.82) is 0 Å². The summed E-state index contributed by atoms with van der Waals surface area (Å²) >= 11 is 0. The van der Waals surface area contributed by atoms with Crippen molar-refractivity contribution in [2.45, 2.75) is 34.1 Å². The normalized spacial score (nSPS) is 12.7. The van der Waals surface area contributed by atoms with E-state index in [1.807, 2.05) is 0 Å². The van der Waals surface area contributed by atoms with E-state index in [1.54, 1.807) is 27.7 Å². The Kier molecular flexibility index (Phi) is 3.02. The highest BCUT2D eigenvalue weighted by Gasteiger charge is 2.38. The van der Waals surface area contributed by atoms with Crippen molar-refractivity contribution < 1.29 is 14.7 Å². The van der Waals surface area contributed by atoms with Gasteiger partial charge in [-0.05, 0) is 5.41 Å². The van der Waals surface area contributed by atoms with Gasteiger partial charge in [-0.25, -0.2) is 0 Å². The van der Waals surface area contributed by atoms with Gasteiger partial charge in [-0.1, -0.05) is 27.7 Å². The van der Waals surface area contributed by atoms with Crippen LogP contribution in [0.1, 0.15) is 34.1 Å². The van der Waals surface area contributed by atoms with E-state index >= 15 is 0 Å². The van der Waals surface area contributed by atoms with Gasteiger partial charge in [0.1, 0.15) is 6.29 Å². The molecule has 0 saturated carbocycles. The van der Waals surface area contributed by atoms with Crippen molar-refractivity contribution in [2.75, 3.05) is 0 Å². The van der Waals surface area contributed by atoms with Crippen molar-refractivity contribution in [2.24, 2.45) is 10.8 Å². The maximum absolute atomic E-state index is 10.7. The van der Waals surface area contributed by atoms with Crippen LogP contribution in [-0.2, 0) is 9.59 Å². The molecule has 0 heterocycles. The highest BCUT2D eigenvalue weighted by atomic mass is 16.4. The average Bonchev–Trinajstić information content (AvgIpc) is 1.84. The summed E-state index contributed by atoms with van der Waals surface area (Å²) in [6.07, 6.45) is 0.828. The lowest BCUT2D eigenvalue weighted by atomic mass is 9.67. The van der Waals surface area contributed by atoms with Crippen LogP contribution in [0.2, 0.25) is 0 Å². The van der Waals surface area contributed by atoms with E-state index in [-0.39, 0.29) is 6.42 Å². The molecule has 0 aliphatic carbocycles. The van der Waals surface area contributed by atoms with E-state index in [2.05, 4.69) is 0 Å². The first-order valence-corrected chi connectivity index (χ1v) is 3.91. The van der Waals surface area contributed by atoms with E-state index in [0.717, 1.165) is 6.29 Å². The predicted octanol–water partition coefficient (Wildman–Crippen LogP) is 1.71. The molecule has 0 spiro atoms. The second-order valence-electron chi connectivity index (χ2n) is 4.29. The van der Waals surface area contributed by atoms with Crippen molar-refractivity contribution in [3.63, 3.8) is 0 Å². The second-order valence-corrected chi connectivity index (χ2v) is 4.29. The van der Waals surface area contributed by atoms with Gasteiger partial charge in [-0.2, -0.15) is 0 Å². The topological polar surface area (TPSA) is 54.4 Å². The molecule has 0 atom stereocenters. The lowest BCUT2D eigenvalue weighted by molar-refractivity contribution is -0.142. The van der Waals surface area contributed by atoms with Crippen LogP contribution in [0.3, 0.4) is 0 Å². The molecule has 0 amide bonds. The molecule has 0 rings (SSSR count). The third-order valence-electron chi connectivity index (χ3n) is 2.63. The number of hydrogen-bond acceptors (Lipinski definition) is 2. The monoisotopic (exact) mass is 172 g/mol. The first kappa shape index (κ1) is 11.1. The van der Waals surface area contributed by atoms with Crippen molar-refractivity contribution in [1.82, 2.24) is 0 Å². The number of aliphatic carboxylic acids is 1. The molecule has 3 heteroatoms. The van der Waals surface area contributed by atoms with Gasteiger partial charge in [0.2, 0.25) is 0 Å². The molecule has 0 aliphatic rings. The Morgan fingerprint density at radius 3 is 2.00 bits per heavy atom. The van der Waals surface area contributed by atoms with E-state index in [0.29, 0.717) is 0 Å². The quantitative estimate of drug-likeness (QED) is 0.657. The van der Waals surface area contributed by atoms with E-state index in [1.165, 1.54) is 0 Å². The maximum atomic E-state index is 10.7. The Labute approximate surface area is 72.8 Å². The highest BCUT2D eigenvalue weighted by molar-refractivity contribution is 5.69. The van der Waals surface area contributed by atoms with Crippen LogP contribution in [0.25, 0.3) is 0 Å². The molecule has 12 heavy (non-hydrogen) atoms. The number of hydrogen-bond donors (Lipinski definition) is 1. The van der Waals surface area contributed by atoms with Crippen molar-refractivity contribution in [3.05, 3.63) is 0 Å². The summed E-state index contributed by atoms with van der Waals surface area (Å²) < 4.78 is 0. The highest BCUT2D eigenvalue weighted by Crippen LogP contribution is 2.39. The Hall–Kier alpha value is -0.860. The van der Waals surface area contributed by atoms with Crippen LogP contribution in [0, 0.1) is 10.8 Å². The molecule has 1 N–H and O–H groups in total. The Morgan fingerprint density at radius 2 is 1.75 bits per heavy atom. The fraction of sp³-hybridized carbons (Fsp3) is 0.778. The van der Waals surface area contributed by atoms with Crippen LogP contribution in [0.5, 0.6) is 0 Å². The molecule has 3 nitrogen and oxygen atoms in total. The fourth-order valence-electron chi connectivity index (χ4n) is 0.765. The molecule has 0 aliphatic heterocycles. The largest absolute Gasteiger partial charge is 0.481 e. The molecular weight excluding hydrogens is 156 g/mol. The summed E-state index contributed by atoms with van der Waals surface area (Å²) in [5.74, 6) is -0.866. The zero-order valence-electron chi connectivity index (χ0n) is 8.05. The molecule has 0 bridgehead atoms. The number of rotatable bonds is 4. The Bertz CT molecular complexity index is 192. The van der Waals surface area contributed by atoms with Crippen LogP contribution in [0.4, 0.5) is 0 Å². The van der Waals surface area contributed by atoms with Gasteiger partial charge in [0, 0.05) is 5.41 Å². The summed E-state index contributed by atoms with van der Waals surface area (Å²) in [6.45, 7) is 7.08. The molecular formula is C9H16O3. The molecule has 70 valence electrons. The molecule has 0 aromatic heterocycles. The number of carbonyl (C=O) groups excluding carboxylic acids is 1. The number of carbonyl (C=O) groups is 2. The van der Waals surface area contributed by atoms with Crippen molar-refractivity contribution >= 4 is 12.3 Å². The molecule has 0 radical (unpaired) electrons. The zero-order valence-corrected chi connectivity index (χ0v) is 8.05. The minimum absolute atomic E-state index is 0.0126. The first-order chi connectivity index (χ1) is 5.23. The minimum Gasteiger partial charge on any atom is -0.481 e.